The van der Waals surface area contributed by atoms with Crippen molar-refractivity contribution in [2.45, 2.75) is 32.3 Å². The van der Waals surface area contributed by atoms with Crippen molar-refractivity contribution >= 4 is 11.7 Å². The average molecular weight is 345 g/mol. The minimum atomic E-state index is -0.958. The van der Waals surface area contributed by atoms with Crippen molar-refractivity contribution in [2.24, 2.45) is 0 Å². The van der Waals surface area contributed by atoms with Crippen LogP contribution in [0.25, 0.3) is 0 Å². The Balaban J connectivity index is 1.60. The molecule has 2 aromatic rings. The highest BCUT2D eigenvalue weighted by atomic mass is 16.5. The van der Waals surface area contributed by atoms with Crippen molar-refractivity contribution in [3.05, 3.63) is 35.6 Å². The summed E-state index contributed by atoms with van der Waals surface area (Å²) < 4.78 is 5.10. The monoisotopic (exact) mass is 345 g/mol. The van der Waals surface area contributed by atoms with Crippen LogP contribution in [0, 0.1) is 13.8 Å². The van der Waals surface area contributed by atoms with Gasteiger partial charge in [-0.1, -0.05) is 5.16 Å². The quantitative estimate of drug-likeness (QED) is 0.853. The van der Waals surface area contributed by atoms with Crippen LogP contribution >= 0.6 is 0 Å². The van der Waals surface area contributed by atoms with Crippen LogP contribution in [0.4, 0.5) is 5.82 Å². The summed E-state index contributed by atoms with van der Waals surface area (Å²) >= 11 is 0. The van der Waals surface area contributed by atoms with Gasteiger partial charge in [0.05, 0.1) is 24.9 Å². The second kappa shape index (κ2) is 6.79. The molecule has 1 atom stereocenters. The molecule has 8 heteroatoms. The number of anilines is 1. The van der Waals surface area contributed by atoms with Crippen LogP contribution in [0.2, 0.25) is 0 Å². The van der Waals surface area contributed by atoms with E-state index < -0.39 is 5.60 Å². The first-order valence-electron chi connectivity index (χ1n) is 8.27. The summed E-state index contributed by atoms with van der Waals surface area (Å²) in [6.45, 7) is 5.00. The number of aromatic nitrogens is 3. The summed E-state index contributed by atoms with van der Waals surface area (Å²) in [5.41, 5.74) is 0.588. The van der Waals surface area contributed by atoms with Gasteiger partial charge in [-0.05, 0) is 20.3 Å². The lowest BCUT2D eigenvalue weighted by Crippen LogP contribution is -2.46. The molecule has 1 saturated heterocycles. The number of rotatable bonds is 5. The predicted molar refractivity (Wildman–Crippen MR) is 91.1 cm³/mol. The van der Waals surface area contributed by atoms with E-state index in [-0.39, 0.29) is 18.9 Å². The van der Waals surface area contributed by atoms with Gasteiger partial charge >= 0.3 is 0 Å². The zero-order chi connectivity index (χ0) is 18.0. The minimum absolute atomic E-state index is 0.0687. The molecule has 0 bridgehead atoms. The molecule has 25 heavy (non-hydrogen) atoms. The van der Waals surface area contributed by atoms with Gasteiger partial charge in [0.25, 0.3) is 0 Å². The summed E-state index contributed by atoms with van der Waals surface area (Å²) in [6, 6.07) is 0. The van der Waals surface area contributed by atoms with Crippen LogP contribution in [0.3, 0.4) is 0 Å². The van der Waals surface area contributed by atoms with E-state index in [0.29, 0.717) is 25.3 Å². The van der Waals surface area contributed by atoms with E-state index in [2.05, 4.69) is 15.1 Å². The third-order valence-electron chi connectivity index (χ3n) is 4.67. The summed E-state index contributed by atoms with van der Waals surface area (Å²) in [6.07, 6.45) is 5.73. The fraction of sp³-hybridized carbons (Fsp3) is 0.529. The fourth-order valence-corrected chi connectivity index (χ4v) is 3.21. The highest BCUT2D eigenvalue weighted by Crippen LogP contribution is 2.26. The molecule has 0 aliphatic carbocycles. The number of aliphatic hydroxyl groups is 1. The molecule has 1 amide bonds. The maximum atomic E-state index is 12.5. The molecule has 0 aromatic carbocycles. The Morgan fingerprint density at radius 3 is 2.88 bits per heavy atom. The van der Waals surface area contributed by atoms with Crippen LogP contribution in [0.1, 0.15) is 23.4 Å². The number of carbonyl (C=O) groups excluding carboxylic acids is 1. The lowest BCUT2D eigenvalue weighted by Gasteiger charge is -2.29. The molecule has 1 aliphatic heterocycles. The molecule has 3 rings (SSSR count). The van der Waals surface area contributed by atoms with Crippen molar-refractivity contribution in [3.63, 3.8) is 0 Å². The number of hydrogen-bond acceptors (Lipinski definition) is 7. The van der Waals surface area contributed by atoms with Crippen LogP contribution in [0.5, 0.6) is 0 Å². The molecule has 1 fully saturated rings. The van der Waals surface area contributed by atoms with E-state index >= 15 is 0 Å². The molecule has 134 valence electrons. The normalized spacial score (nSPS) is 20.1. The Bertz CT molecular complexity index is 728. The first kappa shape index (κ1) is 17.3. The third-order valence-corrected chi connectivity index (χ3v) is 4.67. The van der Waals surface area contributed by atoms with Gasteiger partial charge in [-0.15, -0.1) is 0 Å². The third kappa shape index (κ3) is 3.79. The molecular formula is C17H23N5O3. The summed E-state index contributed by atoms with van der Waals surface area (Å²) in [5, 5.41) is 14.7. The predicted octanol–water partition coefficient (Wildman–Crippen LogP) is 0.724. The van der Waals surface area contributed by atoms with E-state index in [0.717, 1.165) is 17.1 Å². The van der Waals surface area contributed by atoms with E-state index in [1.807, 2.05) is 11.8 Å². The maximum Gasteiger partial charge on any atom is 0.227 e. The molecule has 1 unspecified atom stereocenters. The largest absolute Gasteiger partial charge is 0.386 e. The molecule has 0 saturated carbocycles. The number of aryl methyl sites for hydroxylation is 2. The molecule has 1 N–H and O–H groups in total. The highest BCUT2D eigenvalue weighted by molar-refractivity contribution is 5.79. The first-order chi connectivity index (χ1) is 11.9. The Hall–Kier alpha value is -2.48. The van der Waals surface area contributed by atoms with Gasteiger partial charge in [-0.25, -0.2) is 4.98 Å². The molecule has 0 radical (unpaired) electrons. The minimum Gasteiger partial charge on any atom is -0.386 e. The zero-order valence-electron chi connectivity index (χ0n) is 14.8. The fourth-order valence-electron chi connectivity index (χ4n) is 3.21. The van der Waals surface area contributed by atoms with Crippen molar-refractivity contribution in [2.75, 3.05) is 31.6 Å². The van der Waals surface area contributed by atoms with E-state index in [1.165, 1.54) is 0 Å². The summed E-state index contributed by atoms with van der Waals surface area (Å²) in [5.74, 6) is 1.33. The van der Waals surface area contributed by atoms with Crippen molar-refractivity contribution in [3.8, 4) is 0 Å². The maximum absolute atomic E-state index is 12.5. The topological polar surface area (TPSA) is 95.6 Å². The summed E-state index contributed by atoms with van der Waals surface area (Å²) in [4.78, 5) is 24.4. The number of likely N-dealkylation sites (N-methyl/N-ethyl adjacent to an activating group) is 1. The van der Waals surface area contributed by atoms with Gasteiger partial charge in [-0.2, -0.15) is 0 Å². The van der Waals surface area contributed by atoms with Crippen molar-refractivity contribution in [1.29, 1.82) is 0 Å². The van der Waals surface area contributed by atoms with Gasteiger partial charge in [0.1, 0.15) is 17.2 Å². The van der Waals surface area contributed by atoms with Crippen LogP contribution in [-0.4, -0.2) is 63.3 Å². The van der Waals surface area contributed by atoms with Crippen molar-refractivity contribution in [1.82, 2.24) is 20.0 Å². The van der Waals surface area contributed by atoms with Gasteiger partial charge in [0, 0.05) is 38.1 Å². The van der Waals surface area contributed by atoms with Gasteiger partial charge in [-0.3, -0.25) is 9.78 Å². The van der Waals surface area contributed by atoms with Gasteiger partial charge in [0.2, 0.25) is 5.91 Å². The van der Waals surface area contributed by atoms with Crippen molar-refractivity contribution < 1.29 is 14.4 Å². The number of nitrogens with zero attached hydrogens (tertiary/aromatic N) is 5. The highest BCUT2D eigenvalue weighted by Gasteiger charge is 2.38. The second-order valence-corrected chi connectivity index (χ2v) is 6.69. The molecule has 3 heterocycles. The zero-order valence-corrected chi connectivity index (χ0v) is 14.8. The Morgan fingerprint density at radius 2 is 2.24 bits per heavy atom. The number of carbonyl (C=O) groups is 1. The van der Waals surface area contributed by atoms with Crippen LogP contribution in [-0.2, 0) is 11.2 Å². The van der Waals surface area contributed by atoms with E-state index in [1.54, 1.807) is 37.5 Å². The molecule has 0 spiro atoms. The average Bonchev–Trinajstić information content (AvgIpc) is 3.13. The Labute approximate surface area is 146 Å². The SMILES string of the molecule is Cc1noc(C)c1CC(=O)N(C)CC1(O)CCN(c2cnccn2)C1. The van der Waals surface area contributed by atoms with E-state index in [4.69, 9.17) is 4.52 Å². The lowest BCUT2D eigenvalue weighted by molar-refractivity contribution is -0.132. The molecular weight excluding hydrogens is 322 g/mol. The van der Waals surface area contributed by atoms with Crippen LogP contribution in [0.15, 0.2) is 23.1 Å². The smallest absolute Gasteiger partial charge is 0.227 e. The number of amides is 1. The number of hydrogen-bond donors (Lipinski definition) is 1. The van der Waals surface area contributed by atoms with Crippen LogP contribution < -0.4 is 4.90 Å². The van der Waals surface area contributed by atoms with Gasteiger partial charge in [0.15, 0.2) is 0 Å². The lowest BCUT2D eigenvalue weighted by atomic mass is 10.0. The Kier molecular flexibility index (Phi) is 4.71. The second-order valence-electron chi connectivity index (χ2n) is 6.69. The standard InChI is InChI=1S/C17H23N5O3/c1-12-14(13(2)25-20-12)8-16(23)21(3)10-17(24)4-7-22(11-17)15-9-18-5-6-19-15/h5-6,9,24H,4,7-8,10-11H2,1-3H3. The van der Waals surface area contributed by atoms with Gasteiger partial charge < -0.3 is 19.4 Å². The molecule has 2 aromatic heterocycles. The summed E-state index contributed by atoms with van der Waals surface area (Å²) in [7, 11) is 1.71. The first-order valence-corrected chi connectivity index (χ1v) is 8.27. The molecule has 8 nitrogen and oxygen atoms in total. The van der Waals surface area contributed by atoms with E-state index in [9.17, 15) is 9.90 Å². The Morgan fingerprint density at radius 1 is 1.44 bits per heavy atom. The number of β-amino-alcohol motifs (C(OH)–C–C–N with tert-alkyl or cyclic N) is 1. The molecule has 1 aliphatic rings.